The van der Waals surface area contributed by atoms with E-state index in [9.17, 15) is 18.0 Å². The number of alkyl halides is 3. The average molecular weight is 443 g/mol. The number of halogens is 4. The highest BCUT2D eigenvalue weighted by Gasteiger charge is 2.31. The van der Waals surface area contributed by atoms with E-state index in [4.69, 9.17) is 9.15 Å². The molecule has 1 heterocycles. The summed E-state index contributed by atoms with van der Waals surface area (Å²) in [5, 5.41) is 7.65. The van der Waals surface area contributed by atoms with Crippen LogP contribution in [-0.2, 0) is 11.3 Å². The number of aromatic nitrogens is 2. The summed E-state index contributed by atoms with van der Waals surface area (Å²) in [6.07, 6.45) is -4.80. The Balaban J connectivity index is 1.58. The minimum absolute atomic E-state index is 0.0529. The average Bonchev–Trinajstić information content (AvgIpc) is 3.08. The Morgan fingerprint density at radius 1 is 1.04 bits per heavy atom. The van der Waals surface area contributed by atoms with Crippen molar-refractivity contribution in [3.8, 4) is 17.2 Å². The van der Waals surface area contributed by atoms with Gasteiger partial charge in [0.1, 0.15) is 5.75 Å². The number of carbonyl (C=O) groups is 1. The van der Waals surface area contributed by atoms with Gasteiger partial charge in [-0.2, -0.15) is 0 Å². The van der Waals surface area contributed by atoms with E-state index in [2.05, 4.69) is 30.9 Å². The molecule has 27 heavy (non-hydrogen) atoms. The minimum atomic E-state index is -4.80. The molecule has 0 saturated heterocycles. The van der Waals surface area contributed by atoms with Crippen LogP contribution in [0.25, 0.3) is 11.5 Å². The minimum Gasteiger partial charge on any atom is -0.452 e. The van der Waals surface area contributed by atoms with E-state index in [0.29, 0.717) is 5.56 Å². The lowest BCUT2D eigenvalue weighted by atomic mass is 10.2. The van der Waals surface area contributed by atoms with Crippen LogP contribution in [0.15, 0.2) is 57.4 Å². The van der Waals surface area contributed by atoms with Crippen LogP contribution in [0.1, 0.15) is 16.2 Å². The number of hydrogen-bond acceptors (Lipinski definition) is 6. The largest absolute Gasteiger partial charge is 0.573 e. The molecule has 0 N–H and O–H groups in total. The fourth-order valence-electron chi connectivity index (χ4n) is 2.02. The highest BCUT2D eigenvalue weighted by Crippen LogP contribution is 2.23. The van der Waals surface area contributed by atoms with Crippen molar-refractivity contribution in [2.75, 3.05) is 0 Å². The number of benzene rings is 2. The third-order valence-electron chi connectivity index (χ3n) is 3.21. The maximum Gasteiger partial charge on any atom is 0.573 e. The zero-order valence-corrected chi connectivity index (χ0v) is 15.0. The van der Waals surface area contributed by atoms with Crippen LogP contribution in [0, 0.1) is 0 Å². The molecule has 1 aromatic heterocycles. The quantitative estimate of drug-likeness (QED) is 0.530. The monoisotopic (exact) mass is 442 g/mol. The van der Waals surface area contributed by atoms with Crippen LogP contribution in [0.2, 0.25) is 0 Å². The SMILES string of the molecule is O=C(OCc1nnc(-c2ccc(Br)cc2)o1)c1ccc(OC(F)(F)F)cc1. The highest BCUT2D eigenvalue weighted by molar-refractivity contribution is 9.10. The van der Waals surface area contributed by atoms with Crippen molar-refractivity contribution in [2.24, 2.45) is 0 Å². The number of hydrogen-bond donors (Lipinski definition) is 0. The lowest BCUT2D eigenvalue weighted by Gasteiger charge is -2.09. The molecule has 3 aromatic rings. The van der Waals surface area contributed by atoms with Crippen molar-refractivity contribution in [1.82, 2.24) is 10.2 Å². The predicted octanol–water partition coefficient (Wildman–Crippen LogP) is 4.75. The summed E-state index contributed by atoms with van der Waals surface area (Å²) < 4.78 is 51.4. The van der Waals surface area contributed by atoms with Gasteiger partial charge in [-0.1, -0.05) is 15.9 Å². The first kappa shape index (κ1) is 18.9. The number of rotatable bonds is 5. The second-order valence-electron chi connectivity index (χ2n) is 5.16. The van der Waals surface area contributed by atoms with E-state index in [1.54, 1.807) is 12.1 Å². The number of nitrogens with zero attached hydrogens (tertiary/aromatic N) is 2. The van der Waals surface area contributed by atoms with Crippen LogP contribution < -0.4 is 4.74 Å². The topological polar surface area (TPSA) is 74.5 Å². The van der Waals surface area contributed by atoms with Gasteiger partial charge in [0.15, 0.2) is 6.61 Å². The Hall–Kier alpha value is -2.88. The van der Waals surface area contributed by atoms with Gasteiger partial charge in [0.25, 0.3) is 5.89 Å². The normalized spacial score (nSPS) is 11.3. The van der Waals surface area contributed by atoms with Gasteiger partial charge in [0.05, 0.1) is 5.56 Å². The molecule has 0 saturated carbocycles. The summed E-state index contributed by atoms with van der Waals surface area (Å²) in [6.45, 7) is -0.275. The first-order chi connectivity index (χ1) is 12.8. The van der Waals surface area contributed by atoms with Gasteiger partial charge in [0.2, 0.25) is 5.89 Å². The molecule has 6 nitrogen and oxygen atoms in total. The van der Waals surface area contributed by atoms with E-state index >= 15 is 0 Å². The smallest absolute Gasteiger partial charge is 0.452 e. The van der Waals surface area contributed by atoms with Crippen molar-refractivity contribution in [1.29, 1.82) is 0 Å². The Bertz CT molecular complexity index is 925. The van der Waals surface area contributed by atoms with Crippen LogP contribution in [0.3, 0.4) is 0 Å². The van der Waals surface area contributed by atoms with Crippen molar-refractivity contribution in [3.63, 3.8) is 0 Å². The van der Waals surface area contributed by atoms with Crippen molar-refractivity contribution in [3.05, 3.63) is 64.5 Å². The molecule has 0 unspecified atom stereocenters. The van der Waals surface area contributed by atoms with Gasteiger partial charge in [-0.3, -0.25) is 0 Å². The number of ether oxygens (including phenoxy) is 2. The predicted molar refractivity (Wildman–Crippen MR) is 89.7 cm³/mol. The molecule has 10 heteroatoms. The third-order valence-corrected chi connectivity index (χ3v) is 3.74. The van der Waals surface area contributed by atoms with Crippen LogP contribution in [0.5, 0.6) is 5.75 Å². The van der Waals surface area contributed by atoms with Crippen LogP contribution in [-0.4, -0.2) is 22.5 Å². The van der Waals surface area contributed by atoms with Gasteiger partial charge in [-0.15, -0.1) is 23.4 Å². The van der Waals surface area contributed by atoms with Gasteiger partial charge in [-0.05, 0) is 48.5 Å². The summed E-state index contributed by atoms with van der Waals surface area (Å²) in [6, 6.07) is 11.5. The van der Waals surface area contributed by atoms with Crippen LogP contribution >= 0.6 is 15.9 Å². The zero-order chi connectivity index (χ0) is 19.4. The molecule has 0 bridgehead atoms. The van der Waals surface area contributed by atoms with Gasteiger partial charge in [-0.25, -0.2) is 4.79 Å². The van der Waals surface area contributed by atoms with E-state index in [1.165, 1.54) is 0 Å². The lowest BCUT2D eigenvalue weighted by molar-refractivity contribution is -0.274. The summed E-state index contributed by atoms with van der Waals surface area (Å²) >= 11 is 3.32. The maximum absolute atomic E-state index is 12.1. The Labute approximate surface area is 159 Å². The number of esters is 1. The Kier molecular flexibility index (Phi) is 5.45. The fraction of sp³-hybridized carbons (Fsp3) is 0.118. The lowest BCUT2D eigenvalue weighted by Crippen LogP contribution is -2.17. The molecular weight excluding hydrogens is 433 g/mol. The first-order valence-electron chi connectivity index (χ1n) is 7.41. The summed E-state index contributed by atoms with van der Waals surface area (Å²) in [5.41, 5.74) is 0.751. The van der Waals surface area contributed by atoms with E-state index in [1.807, 2.05) is 12.1 Å². The molecule has 2 aromatic carbocycles. The molecule has 3 rings (SSSR count). The van der Waals surface area contributed by atoms with Gasteiger partial charge >= 0.3 is 12.3 Å². The van der Waals surface area contributed by atoms with Crippen LogP contribution in [0.4, 0.5) is 13.2 Å². The fourth-order valence-corrected chi connectivity index (χ4v) is 2.29. The van der Waals surface area contributed by atoms with E-state index in [-0.39, 0.29) is 24.0 Å². The zero-order valence-electron chi connectivity index (χ0n) is 13.4. The molecule has 0 spiro atoms. The third kappa shape index (κ3) is 5.30. The summed E-state index contributed by atoms with van der Waals surface area (Å²) in [7, 11) is 0. The first-order valence-corrected chi connectivity index (χ1v) is 8.21. The standard InChI is InChI=1S/C17H10BrF3N2O4/c18-12-5-1-10(2-6-12)15-23-22-14(26-15)9-25-16(24)11-3-7-13(8-4-11)27-17(19,20)21/h1-8H,9H2. The van der Waals surface area contributed by atoms with Crippen molar-refractivity contribution >= 4 is 21.9 Å². The van der Waals surface area contributed by atoms with E-state index in [0.717, 1.165) is 28.7 Å². The van der Waals surface area contributed by atoms with Gasteiger partial charge in [0, 0.05) is 10.0 Å². The second-order valence-corrected chi connectivity index (χ2v) is 6.07. The summed E-state index contributed by atoms with van der Waals surface area (Å²) in [5.74, 6) is -0.840. The second kappa shape index (κ2) is 7.78. The molecule has 0 aliphatic heterocycles. The molecule has 0 aliphatic rings. The van der Waals surface area contributed by atoms with Gasteiger partial charge < -0.3 is 13.9 Å². The maximum atomic E-state index is 12.1. The number of carbonyl (C=O) groups excluding carboxylic acids is 1. The molecule has 0 atom stereocenters. The molecule has 0 amide bonds. The van der Waals surface area contributed by atoms with Crippen molar-refractivity contribution < 1.29 is 31.9 Å². The molecular formula is C17H10BrF3N2O4. The highest BCUT2D eigenvalue weighted by atomic mass is 79.9. The molecule has 0 aliphatic carbocycles. The molecule has 140 valence electrons. The van der Waals surface area contributed by atoms with Crippen molar-refractivity contribution in [2.45, 2.75) is 13.0 Å². The Morgan fingerprint density at radius 3 is 2.33 bits per heavy atom. The van der Waals surface area contributed by atoms with E-state index < -0.39 is 18.1 Å². The summed E-state index contributed by atoms with van der Waals surface area (Å²) in [4.78, 5) is 11.9. The molecule has 0 fully saturated rings. The molecule has 0 radical (unpaired) electrons. The Morgan fingerprint density at radius 2 is 1.70 bits per heavy atom.